The van der Waals surface area contributed by atoms with Crippen LogP contribution in [0.1, 0.15) is 53.1 Å². The summed E-state index contributed by atoms with van der Waals surface area (Å²) in [5.41, 5.74) is 1.50. The average molecular weight is 251 g/mol. The summed E-state index contributed by atoms with van der Waals surface area (Å²) in [5, 5.41) is 12.8. The highest BCUT2D eigenvalue weighted by molar-refractivity contribution is 5.97. The summed E-state index contributed by atoms with van der Waals surface area (Å²) in [6.45, 7) is 5.54. The highest BCUT2D eigenvalue weighted by atomic mass is 16.3. The van der Waals surface area contributed by atoms with Crippen molar-refractivity contribution in [1.29, 1.82) is 0 Å². The molecule has 1 saturated carbocycles. The average Bonchev–Trinajstić information content (AvgIpc) is 2.56. The van der Waals surface area contributed by atoms with Crippen molar-refractivity contribution in [3.05, 3.63) is 22.6 Å². The van der Waals surface area contributed by atoms with Gasteiger partial charge in [-0.1, -0.05) is 12.8 Å². The predicted molar refractivity (Wildman–Crippen MR) is 68.6 cm³/mol. The Labute approximate surface area is 107 Å². The van der Waals surface area contributed by atoms with Crippen LogP contribution in [0.25, 0.3) is 0 Å². The number of nitrogens with one attached hydrogen (secondary N) is 1. The van der Waals surface area contributed by atoms with Gasteiger partial charge in [-0.15, -0.1) is 0 Å². The van der Waals surface area contributed by atoms with Crippen molar-refractivity contribution in [2.75, 3.05) is 0 Å². The van der Waals surface area contributed by atoms with Crippen LogP contribution >= 0.6 is 0 Å². The zero-order valence-electron chi connectivity index (χ0n) is 11.2. The Morgan fingerprint density at radius 3 is 2.44 bits per heavy atom. The van der Waals surface area contributed by atoms with Gasteiger partial charge in [0.1, 0.15) is 11.5 Å². The molecule has 100 valence electrons. The summed E-state index contributed by atoms with van der Waals surface area (Å²) in [4.78, 5) is 12.2. The van der Waals surface area contributed by atoms with Gasteiger partial charge >= 0.3 is 0 Å². The summed E-state index contributed by atoms with van der Waals surface area (Å²) in [5.74, 6) is 1.29. The molecule has 0 saturated heterocycles. The Hall–Kier alpha value is -1.29. The maximum absolute atomic E-state index is 12.2. The minimum absolute atomic E-state index is 0.125. The highest BCUT2D eigenvalue weighted by Gasteiger charge is 2.27. The summed E-state index contributed by atoms with van der Waals surface area (Å²) in [7, 11) is 0. The number of hydrogen-bond donors (Lipinski definition) is 2. The Bertz CT molecular complexity index is 450. The second-order valence-corrected chi connectivity index (χ2v) is 5.15. The molecule has 1 aliphatic carbocycles. The number of aliphatic hydroxyl groups excluding tert-OH is 1. The van der Waals surface area contributed by atoms with E-state index < -0.39 is 6.10 Å². The third-order valence-electron chi connectivity index (χ3n) is 3.83. The summed E-state index contributed by atoms with van der Waals surface area (Å²) in [6.07, 6.45) is 3.30. The van der Waals surface area contributed by atoms with Crippen molar-refractivity contribution < 1.29 is 14.3 Å². The first kappa shape index (κ1) is 13.1. The minimum atomic E-state index is -0.420. The van der Waals surface area contributed by atoms with Gasteiger partial charge in [-0.2, -0.15) is 0 Å². The number of aliphatic hydroxyl groups is 1. The number of hydrogen-bond acceptors (Lipinski definition) is 3. The molecule has 1 aliphatic rings. The first-order valence-corrected chi connectivity index (χ1v) is 6.56. The van der Waals surface area contributed by atoms with Crippen LogP contribution in [0.3, 0.4) is 0 Å². The number of aryl methyl sites for hydroxylation is 2. The van der Waals surface area contributed by atoms with Crippen LogP contribution in [-0.2, 0) is 0 Å². The number of amides is 1. The fourth-order valence-corrected chi connectivity index (χ4v) is 2.65. The first-order valence-electron chi connectivity index (χ1n) is 6.56. The van der Waals surface area contributed by atoms with E-state index in [1.54, 1.807) is 6.92 Å². The molecule has 2 atom stereocenters. The molecule has 0 radical (unpaired) electrons. The fourth-order valence-electron chi connectivity index (χ4n) is 2.65. The van der Waals surface area contributed by atoms with Crippen LogP contribution in [0.2, 0.25) is 0 Å². The molecular formula is C14H21NO3. The molecule has 18 heavy (non-hydrogen) atoms. The molecular weight excluding hydrogens is 230 g/mol. The molecule has 1 fully saturated rings. The standard InChI is InChI=1S/C14H21NO3/c1-8-9(2)18-10(3)13(8)14(17)15-11-6-4-5-7-12(11)16/h11-12,16H,4-7H2,1-3H3,(H,15,17)/t11-,12-/m0/s1. The normalized spacial score (nSPS) is 24.0. The van der Waals surface area contributed by atoms with Crippen LogP contribution in [0, 0.1) is 20.8 Å². The van der Waals surface area contributed by atoms with Crippen molar-refractivity contribution in [2.24, 2.45) is 0 Å². The monoisotopic (exact) mass is 251 g/mol. The summed E-state index contributed by atoms with van der Waals surface area (Å²) in [6, 6.07) is -0.125. The Morgan fingerprint density at radius 2 is 1.89 bits per heavy atom. The second-order valence-electron chi connectivity index (χ2n) is 5.15. The van der Waals surface area contributed by atoms with E-state index in [1.165, 1.54) is 0 Å². The molecule has 4 nitrogen and oxygen atoms in total. The lowest BCUT2D eigenvalue weighted by Gasteiger charge is -2.28. The van der Waals surface area contributed by atoms with E-state index in [1.807, 2.05) is 13.8 Å². The molecule has 1 amide bonds. The van der Waals surface area contributed by atoms with Gasteiger partial charge in [0.05, 0.1) is 17.7 Å². The third kappa shape index (κ3) is 2.43. The van der Waals surface area contributed by atoms with Gasteiger partial charge in [-0.05, 0) is 33.6 Å². The van der Waals surface area contributed by atoms with Crippen molar-refractivity contribution in [3.63, 3.8) is 0 Å². The van der Waals surface area contributed by atoms with E-state index in [9.17, 15) is 9.90 Å². The SMILES string of the molecule is Cc1oc(C)c(C(=O)N[C@H]2CCCC[C@@H]2O)c1C. The Balaban J connectivity index is 2.12. The lowest BCUT2D eigenvalue weighted by molar-refractivity contribution is 0.0716. The zero-order valence-corrected chi connectivity index (χ0v) is 11.2. The molecule has 0 bridgehead atoms. The second kappa shape index (κ2) is 5.14. The smallest absolute Gasteiger partial charge is 0.255 e. The van der Waals surface area contributed by atoms with Gasteiger partial charge in [-0.25, -0.2) is 0 Å². The van der Waals surface area contributed by atoms with Crippen LogP contribution in [0.5, 0.6) is 0 Å². The summed E-state index contributed by atoms with van der Waals surface area (Å²) >= 11 is 0. The predicted octanol–water partition coefficient (Wildman–Crippen LogP) is 2.24. The van der Waals surface area contributed by atoms with Gasteiger partial charge in [0, 0.05) is 5.56 Å². The van der Waals surface area contributed by atoms with Gasteiger partial charge in [0.2, 0.25) is 0 Å². The number of carbonyl (C=O) groups excluding carboxylic acids is 1. The topological polar surface area (TPSA) is 62.5 Å². The van der Waals surface area contributed by atoms with Crippen LogP contribution in [0.4, 0.5) is 0 Å². The van der Waals surface area contributed by atoms with Crippen LogP contribution in [0.15, 0.2) is 4.42 Å². The largest absolute Gasteiger partial charge is 0.466 e. The molecule has 2 N–H and O–H groups in total. The molecule has 4 heteroatoms. The molecule has 0 aliphatic heterocycles. The lowest BCUT2D eigenvalue weighted by Crippen LogP contribution is -2.45. The van der Waals surface area contributed by atoms with E-state index in [2.05, 4.69) is 5.32 Å². The van der Waals surface area contributed by atoms with E-state index in [0.29, 0.717) is 11.3 Å². The van der Waals surface area contributed by atoms with Gasteiger partial charge in [0.25, 0.3) is 5.91 Å². The lowest BCUT2D eigenvalue weighted by atomic mass is 9.92. The van der Waals surface area contributed by atoms with E-state index >= 15 is 0 Å². The van der Waals surface area contributed by atoms with E-state index in [-0.39, 0.29) is 11.9 Å². The van der Waals surface area contributed by atoms with Gasteiger partial charge < -0.3 is 14.8 Å². The fraction of sp³-hybridized carbons (Fsp3) is 0.643. The Morgan fingerprint density at radius 1 is 1.22 bits per heavy atom. The molecule has 0 unspecified atom stereocenters. The third-order valence-corrected chi connectivity index (χ3v) is 3.83. The van der Waals surface area contributed by atoms with Crippen LogP contribution < -0.4 is 5.32 Å². The van der Waals surface area contributed by atoms with E-state index in [0.717, 1.165) is 37.0 Å². The van der Waals surface area contributed by atoms with Gasteiger partial charge in [-0.3, -0.25) is 4.79 Å². The van der Waals surface area contributed by atoms with Crippen molar-refractivity contribution in [3.8, 4) is 0 Å². The summed E-state index contributed by atoms with van der Waals surface area (Å²) < 4.78 is 5.46. The number of carbonyl (C=O) groups is 1. The molecule has 1 heterocycles. The van der Waals surface area contributed by atoms with Crippen LogP contribution in [-0.4, -0.2) is 23.2 Å². The van der Waals surface area contributed by atoms with E-state index in [4.69, 9.17) is 4.42 Å². The molecule has 2 rings (SSSR count). The molecule has 1 aromatic rings. The van der Waals surface area contributed by atoms with Crippen molar-refractivity contribution in [1.82, 2.24) is 5.32 Å². The first-order chi connectivity index (χ1) is 8.50. The zero-order chi connectivity index (χ0) is 13.3. The highest BCUT2D eigenvalue weighted by Crippen LogP contribution is 2.23. The van der Waals surface area contributed by atoms with Crippen molar-refractivity contribution >= 4 is 5.91 Å². The molecule has 1 aromatic heterocycles. The quantitative estimate of drug-likeness (QED) is 0.847. The molecule has 0 aromatic carbocycles. The number of rotatable bonds is 2. The number of furan rings is 1. The maximum atomic E-state index is 12.2. The maximum Gasteiger partial charge on any atom is 0.255 e. The Kier molecular flexibility index (Phi) is 3.76. The van der Waals surface area contributed by atoms with Gasteiger partial charge in [0.15, 0.2) is 0 Å². The minimum Gasteiger partial charge on any atom is -0.466 e. The molecule has 0 spiro atoms. The van der Waals surface area contributed by atoms with Crippen molar-refractivity contribution in [2.45, 2.75) is 58.6 Å².